The second-order valence-electron chi connectivity index (χ2n) is 3.94. The molecule has 1 heterocycles. The van der Waals surface area contributed by atoms with Crippen molar-refractivity contribution in [1.82, 2.24) is 15.1 Å². The molecule has 0 aromatic carbocycles. The lowest BCUT2D eigenvalue weighted by Crippen LogP contribution is -2.36. The molecule has 0 aliphatic rings. The van der Waals surface area contributed by atoms with Crippen molar-refractivity contribution in [1.29, 1.82) is 0 Å². The van der Waals surface area contributed by atoms with E-state index in [1.54, 1.807) is 6.92 Å². The zero-order chi connectivity index (χ0) is 12.3. The monoisotopic (exact) mass is 225 g/mol. The van der Waals surface area contributed by atoms with Crippen molar-refractivity contribution >= 4 is 5.97 Å². The van der Waals surface area contributed by atoms with Crippen molar-refractivity contribution in [2.75, 3.05) is 7.11 Å². The van der Waals surface area contributed by atoms with Gasteiger partial charge in [-0.05, 0) is 20.8 Å². The quantitative estimate of drug-likeness (QED) is 0.775. The van der Waals surface area contributed by atoms with Crippen LogP contribution in [0.1, 0.15) is 31.1 Å². The minimum absolute atomic E-state index is 0.0720. The lowest BCUT2D eigenvalue weighted by molar-refractivity contribution is -0.142. The molecule has 0 amide bonds. The highest BCUT2D eigenvalue weighted by Gasteiger charge is 2.18. The van der Waals surface area contributed by atoms with Gasteiger partial charge in [-0.15, -0.1) is 0 Å². The van der Waals surface area contributed by atoms with Crippen molar-refractivity contribution in [3.63, 3.8) is 0 Å². The second kappa shape index (κ2) is 5.12. The molecule has 5 nitrogen and oxygen atoms in total. The third-order valence-electron chi connectivity index (χ3n) is 2.79. The fraction of sp³-hybridized carbons (Fsp3) is 0.636. The van der Waals surface area contributed by atoms with Crippen molar-refractivity contribution < 1.29 is 9.53 Å². The van der Waals surface area contributed by atoms with Crippen LogP contribution in [0.15, 0.2) is 6.20 Å². The van der Waals surface area contributed by atoms with E-state index in [0.29, 0.717) is 0 Å². The van der Waals surface area contributed by atoms with E-state index in [1.807, 2.05) is 31.8 Å². The molecule has 1 N–H and O–H groups in total. The van der Waals surface area contributed by atoms with Crippen LogP contribution in [0, 0.1) is 6.92 Å². The van der Waals surface area contributed by atoms with E-state index in [2.05, 4.69) is 15.2 Å². The molecule has 16 heavy (non-hydrogen) atoms. The number of nitrogens with zero attached hydrogens (tertiary/aromatic N) is 2. The molecule has 0 aliphatic carbocycles. The first-order valence-corrected chi connectivity index (χ1v) is 5.29. The van der Waals surface area contributed by atoms with E-state index in [9.17, 15) is 4.79 Å². The van der Waals surface area contributed by atoms with Gasteiger partial charge < -0.3 is 4.74 Å². The molecule has 1 aromatic rings. The van der Waals surface area contributed by atoms with Gasteiger partial charge in [0.05, 0.1) is 13.3 Å². The number of aromatic nitrogens is 2. The Hall–Kier alpha value is -1.36. The fourth-order valence-electron chi connectivity index (χ4n) is 1.65. The zero-order valence-electron chi connectivity index (χ0n) is 10.4. The Morgan fingerprint density at radius 3 is 2.62 bits per heavy atom. The van der Waals surface area contributed by atoms with Gasteiger partial charge in [0.15, 0.2) is 0 Å². The van der Waals surface area contributed by atoms with Crippen LogP contribution >= 0.6 is 0 Å². The smallest absolute Gasteiger partial charge is 0.322 e. The number of esters is 1. The van der Waals surface area contributed by atoms with Crippen LogP contribution < -0.4 is 5.32 Å². The van der Waals surface area contributed by atoms with Gasteiger partial charge in [-0.25, -0.2) is 0 Å². The Labute approximate surface area is 95.8 Å². The summed E-state index contributed by atoms with van der Waals surface area (Å²) < 4.78 is 6.48. The highest BCUT2D eigenvalue weighted by molar-refractivity contribution is 5.75. The number of nitrogens with one attached hydrogen (secondary N) is 1. The molecule has 0 aliphatic heterocycles. The van der Waals surface area contributed by atoms with Crippen molar-refractivity contribution in [3.8, 4) is 0 Å². The summed E-state index contributed by atoms with van der Waals surface area (Å²) >= 11 is 0. The third-order valence-corrected chi connectivity index (χ3v) is 2.79. The lowest BCUT2D eigenvalue weighted by Gasteiger charge is -2.18. The summed E-state index contributed by atoms with van der Waals surface area (Å²) in [5.41, 5.74) is 2.19. The number of carbonyl (C=O) groups excluding carboxylic acids is 1. The minimum atomic E-state index is -0.320. The van der Waals surface area contributed by atoms with Crippen LogP contribution in [0.5, 0.6) is 0 Å². The van der Waals surface area contributed by atoms with Crippen molar-refractivity contribution in [3.05, 3.63) is 17.5 Å². The highest BCUT2D eigenvalue weighted by atomic mass is 16.5. The number of hydrogen-bond donors (Lipinski definition) is 1. The summed E-state index contributed by atoms with van der Waals surface area (Å²) in [5.74, 6) is -0.256. The van der Waals surface area contributed by atoms with Crippen molar-refractivity contribution in [2.24, 2.45) is 7.05 Å². The van der Waals surface area contributed by atoms with Gasteiger partial charge in [-0.1, -0.05) is 0 Å². The maximum absolute atomic E-state index is 11.3. The lowest BCUT2D eigenvalue weighted by atomic mass is 10.1. The molecule has 90 valence electrons. The molecule has 0 bridgehead atoms. The second-order valence-corrected chi connectivity index (χ2v) is 3.94. The van der Waals surface area contributed by atoms with Crippen LogP contribution in [0.2, 0.25) is 0 Å². The topological polar surface area (TPSA) is 56.1 Å². The van der Waals surface area contributed by atoms with Gasteiger partial charge in [0.25, 0.3) is 0 Å². The molecule has 0 radical (unpaired) electrons. The summed E-state index contributed by atoms with van der Waals surface area (Å²) in [6.45, 7) is 5.79. The Morgan fingerprint density at radius 1 is 1.56 bits per heavy atom. The predicted octanol–water partition coefficient (Wildman–Crippen LogP) is 0.941. The van der Waals surface area contributed by atoms with Gasteiger partial charge in [0.1, 0.15) is 6.04 Å². The molecule has 0 fully saturated rings. The van der Waals surface area contributed by atoms with Crippen molar-refractivity contribution in [2.45, 2.75) is 32.9 Å². The van der Waals surface area contributed by atoms with Gasteiger partial charge in [-0.3, -0.25) is 14.8 Å². The molecule has 2 unspecified atom stereocenters. The third kappa shape index (κ3) is 2.61. The molecule has 0 spiro atoms. The summed E-state index contributed by atoms with van der Waals surface area (Å²) in [5, 5.41) is 7.34. The fourth-order valence-corrected chi connectivity index (χ4v) is 1.65. The first-order chi connectivity index (χ1) is 7.47. The molecular formula is C11H19N3O2. The Kier molecular flexibility index (Phi) is 4.06. The maximum Gasteiger partial charge on any atom is 0.322 e. The number of carbonyl (C=O) groups is 1. The largest absolute Gasteiger partial charge is 0.468 e. The molecule has 1 rings (SSSR count). The summed E-state index contributed by atoms with van der Waals surface area (Å²) in [6, 6.07) is -0.248. The van der Waals surface area contributed by atoms with Gasteiger partial charge in [0.2, 0.25) is 0 Å². The van der Waals surface area contributed by atoms with Crippen LogP contribution in [-0.4, -0.2) is 28.9 Å². The van der Waals surface area contributed by atoms with Crippen LogP contribution in [0.25, 0.3) is 0 Å². The Morgan fingerprint density at radius 2 is 2.19 bits per heavy atom. The van der Waals surface area contributed by atoms with Gasteiger partial charge in [-0.2, -0.15) is 5.10 Å². The summed E-state index contributed by atoms with van der Waals surface area (Å²) in [4.78, 5) is 11.3. The SMILES string of the molecule is COC(=O)C(C)NC(C)c1cnn(C)c1C. The summed E-state index contributed by atoms with van der Waals surface area (Å²) in [6.07, 6.45) is 1.82. The van der Waals surface area contributed by atoms with Crippen LogP contribution in [0.3, 0.4) is 0 Å². The van der Waals surface area contributed by atoms with E-state index in [-0.39, 0.29) is 18.1 Å². The number of rotatable bonds is 4. The average molecular weight is 225 g/mol. The van der Waals surface area contributed by atoms with E-state index in [0.717, 1.165) is 11.3 Å². The molecule has 1 aromatic heterocycles. The first-order valence-electron chi connectivity index (χ1n) is 5.29. The molecule has 0 saturated carbocycles. The normalized spacial score (nSPS) is 14.6. The van der Waals surface area contributed by atoms with E-state index in [4.69, 9.17) is 0 Å². The molecule has 0 saturated heterocycles. The average Bonchev–Trinajstić information content (AvgIpc) is 2.58. The van der Waals surface area contributed by atoms with Crippen LogP contribution in [0.4, 0.5) is 0 Å². The number of methoxy groups -OCH3 is 1. The van der Waals surface area contributed by atoms with E-state index >= 15 is 0 Å². The van der Waals surface area contributed by atoms with Crippen LogP contribution in [-0.2, 0) is 16.6 Å². The Bertz CT molecular complexity index is 373. The number of ether oxygens (including phenoxy) is 1. The van der Waals surface area contributed by atoms with Gasteiger partial charge >= 0.3 is 5.97 Å². The molecule has 5 heteroatoms. The maximum atomic E-state index is 11.3. The number of hydrogen-bond acceptors (Lipinski definition) is 4. The standard InChI is InChI=1S/C11H19N3O2/c1-7(13-8(2)11(15)16-5)10-6-12-14(4)9(10)3/h6-8,13H,1-5H3. The Balaban J connectivity index is 2.69. The highest BCUT2D eigenvalue weighted by Crippen LogP contribution is 2.16. The summed E-state index contributed by atoms with van der Waals surface area (Å²) in [7, 11) is 3.29. The zero-order valence-corrected chi connectivity index (χ0v) is 10.4. The van der Waals surface area contributed by atoms with E-state index in [1.165, 1.54) is 7.11 Å². The molecular weight excluding hydrogens is 206 g/mol. The molecule has 2 atom stereocenters. The minimum Gasteiger partial charge on any atom is -0.468 e. The van der Waals surface area contributed by atoms with E-state index < -0.39 is 0 Å². The first kappa shape index (κ1) is 12.7. The van der Waals surface area contributed by atoms with Gasteiger partial charge in [0, 0.05) is 24.3 Å². The predicted molar refractivity (Wildman–Crippen MR) is 61.0 cm³/mol. The number of aryl methyl sites for hydroxylation is 1.